The summed E-state index contributed by atoms with van der Waals surface area (Å²) in [6.07, 6.45) is 2.47. The largest absolute Gasteiger partial charge is 0.356 e. The molecule has 1 heterocycles. The Hall–Kier alpha value is -1.31. The molecule has 2 rings (SSSR count). The molecule has 1 aromatic carbocycles. The minimum atomic E-state index is 0. The van der Waals surface area contributed by atoms with Gasteiger partial charge in [0.05, 0.1) is 0 Å². The predicted molar refractivity (Wildman–Crippen MR) is 102 cm³/mol. The Bertz CT molecular complexity index is 519. The highest BCUT2D eigenvalue weighted by molar-refractivity contribution is 14.0. The molecular weight excluding hydrogens is 391 g/mol. The summed E-state index contributed by atoms with van der Waals surface area (Å²) < 4.78 is 0. The molecule has 1 aliphatic heterocycles. The maximum Gasteiger partial charge on any atom is 0.221 e. The fourth-order valence-electron chi connectivity index (χ4n) is 2.49. The molecule has 122 valence electrons. The van der Waals surface area contributed by atoms with Gasteiger partial charge in [0.2, 0.25) is 5.91 Å². The summed E-state index contributed by atoms with van der Waals surface area (Å²) in [5.74, 6) is 0.921. The minimum Gasteiger partial charge on any atom is -0.356 e. The summed E-state index contributed by atoms with van der Waals surface area (Å²) in [7, 11) is 1.78. The number of guanidine groups is 1. The van der Waals surface area contributed by atoms with Gasteiger partial charge in [0.15, 0.2) is 5.96 Å². The van der Waals surface area contributed by atoms with Crippen molar-refractivity contribution in [2.75, 3.05) is 31.6 Å². The molecule has 0 saturated heterocycles. The number of benzene rings is 1. The normalized spacial score (nSPS) is 13.4. The lowest BCUT2D eigenvalue weighted by atomic mass is 10.2. The van der Waals surface area contributed by atoms with Crippen LogP contribution in [0.4, 0.5) is 5.69 Å². The van der Waals surface area contributed by atoms with Gasteiger partial charge in [-0.05, 0) is 24.5 Å². The van der Waals surface area contributed by atoms with Crippen LogP contribution in [0, 0.1) is 0 Å². The number of aliphatic imine (C=N–C) groups is 1. The van der Waals surface area contributed by atoms with Crippen LogP contribution in [-0.4, -0.2) is 38.5 Å². The number of para-hydroxylation sites is 1. The standard InChI is InChI=1S/C16H24N4O.HI/c1-3-10-18-15(21)8-11-19-16(17-2)20-12-9-13-6-4-5-7-14(13)20;/h4-7H,3,8-12H2,1-2H3,(H,17,19)(H,18,21);1H. The number of fused-ring (bicyclic) bond motifs is 1. The first-order valence-electron chi connectivity index (χ1n) is 7.59. The Balaban J connectivity index is 0.00000242. The quantitative estimate of drug-likeness (QED) is 0.440. The summed E-state index contributed by atoms with van der Waals surface area (Å²) in [5.41, 5.74) is 2.56. The SMILES string of the molecule is CCCNC(=O)CCNC(=NC)N1CCc2ccccc21.I. The molecule has 1 aliphatic rings. The number of carbonyl (C=O) groups excluding carboxylic acids is 1. The highest BCUT2D eigenvalue weighted by atomic mass is 127. The molecular formula is C16H25IN4O. The zero-order chi connectivity index (χ0) is 15.1. The van der Waals surface area contributed by atoms with Gasteiger partial charge in [-0.1, -0.05) is 25.1 Å². The molecule has 22 heavy (non-hydrogen) atoms. The van der Waals surface area contributed by atoms with Crippen molar-refractivity contribution in [2.45, 2.75) is 26.2 Å². The van der Waals surface area contributed by atoms with E-state index in [-0.39, 0.29) is 29.9 Å². The van der Waals surface area contributed by atoms with Crippen LogP contribution < -0.4 is 15.5 Å². The molecule has 0 bridgehead atoms. The van der Waals surface area contributed by atoms with Gasteiger partial charge < -0.3 is 15.5 Å². The monoisotopic (exact) mass is 416 g/mol. The van der Waals surface area contributed by atoms with E-state index in [0.717, 1.165) is 31.9 Å². The summed E-state index contributed by atoms with van der Waals surface area (Å²) in [4.78, 5) is 18.1. The Morgan fingerprint density at radius 3 is 2.77 bits per heavy atom. The number of hydrogen-bond donors (Lipinski definition) is 2. The lowest BCUT2D eigenvalue weighted by Crippen LogP contribution is -2.42. The maximum absolute atomic E-state index is 11.6. The molecule has 0 fully saturated rings. The predicted octanol–water partition coefficient (Wildman–Crippen LogP) is 2.16. The highest BCUT2D eigenvalue weighted by Crippen LogP contribution is 2.27. The van der Waals surface area contributed by atoms with Crippen molar-refractivity contribution in [1.82, 2.24) is 10.6 Å². The molecule has 0 saturated carbocycles. The van der Waals surface area contributed by atoms with Crippen LogP contribution in [0.15, 0.2) is 29.3 Å². The fraction of sp³-hybridized carbons (Fsp3) is 0.500. The van der Waals surface area contributed by atoms with E-state index in [1.807, 2.05) is 13.0 Å². The lowest BCUT2D eigenvalue weighted by Gasteiger charge is -2.22. The van der Waals surface area contributed by atoms with Crippen LogP contribution in [0.25, 0.3) is 0 Å². The molecule has 0 aromatic heterocycles. The van der Waals surface area contributed by atoms with E-state index >= 15 is 0 Å². The van der Waals surface area contributed by atoms with E-state index in [9.17, 15) is 4.79 Å². The average Bonchev–Trinajstić information content (AvgIpc) is 2.93. The Morgan fingerprint density at radius 2 is 2.05 bits per heavy atom. The third-order valence-corrected chi connectivity index (χ3v) is 3.56. The Morgan fingerprint density at radius 1 is 1.27 bits per heavy atom. The maximum atomic E-state index is 11.6. The van der Waals surface area contributed by atoms with Crippen molar-refractivity contribution in [2.24, 2.45) is 4.99 Å². The zero-order valence-corrected chi connectivity index (χ0v) is 15.6. The van der Waals surface area contributed by atoms with Crippen molar-refractivity contribution in [3.8, 4) is 0 Å². The van der Waals surface area contributed by atoms with Gasteiger partial charge in [-0.25, -0.2) is 0 Å². The van der Waals surface area contributed by atoms with E-state index < -0.39 is 0 Å². The van der Waals surface area contributed by atoms with Crippen molar-refractivity contribution in [3.63, 3.8) is 0 Å². The van der Waals surface area contributed by atoms with Gasteiger partial charge in [0, 0.05) is 38.8 Å². The van der Waals surface area contributed by atoms with Crippen LogP contribution in [0.3, 0.4) is 0 Å². The summed E-state index contributed by atoms with van der Waals surface area (Å²) >= 11 is 0. The Labute approximate surface area is 149 Å². The third kappa shape index (κ3) is 4.86. The molecule has 0 aliphatic carbocycles. The molecule has 2 N–H and O–H groups in total. The summed E-state index contributed by atoms with van der Waals surface area (Å²) in [6, 6.07) is 8.38. The van der Waals surface area contributed by atoms with E-state index in [2.05, 4.69) is 38.7 Å². The third-order valence-electron chi connectivity index (χ3n) is 3.56. The fourth-order valence-corrected chi connectivity index (χ4v) is 2.49. The lowest BCUT2D eigenvalue weighted by molar-refractivity contribution is -0.120. The van der Waals surface area contributed by atoms with Crippen LogP contribution in [0.5, 0.6) is 0 Å². The molecule has 1 amide bonds. The van der Waals surface area contributed by atoms with E-state index in [4.69, 9.17) is 0 Å². The number of nitrogens with one attached hydrogen (secondary N) is 2. The second kappa shape index (κ2) is 9.66. The number of amides is 1. The first kappa shape index (κ1) is 18.7. The second-order valence-corrected chi connectivity index (χ2v) is 5.10. The minimum absolute atomic E-state index is 0. The van der Waals surface area contributed by atoms with Gasteiger partial charge in [-0.15, -0.1) is 24.0 Å². The highest BCUT2D eigenvalue weighted by Gasteiger charge is 2.22. The van der Waals surface area contributed by atoms with E-state index in [1.165, 1.54) is 11.3 Å². The van der Waals surface area contributed by atoms with E-state index in [0.29, 0.717) is 13.0 Å². The van der Waals surface area contributed by atoms with Crippen molar-refractivity contribution in [3.05, 3.63) is 29.8 Å². The summed E-state index contributed by atoms with van der Waals surface area (Å²) in [5, 5.41) is 6.15. The van der Waals surface area contributed by atoms with Gasteiger partial charge in [0.1, 0.15) is 0 Å². The van der Waals surface area contributed by atoms with Crippen LogP contribution >= 0.6 is 24.0 Å². The smallest absolute Gasteiger partial charge is 0.221 e. The van der Waals surface area contributed by atoms with Crippen molar-refractivity contribution in [1.29, 1.82) is 0 Å². The van der Waals surface area contributed by atoms with Crippen LogP contribution in [0.1, 0.15) is 25.3 Å². The van der Waals surface area contributed by atoms with Gasteiger partial charge in [0.25, 0.3) is 0 Å². The number of hydrogen-bond acceptors (Lipinski definition) is 2. The van der Waals surface area contributed by atoms with Crippen molar-refractivity contribution >= 4 is 41.5 Å². The van der Waals surface area contributed by atoms with Crippen molar-refractivity contribution < 1.29 is 4.79 Å². The van der Waals surface area contributed by atoms with Crippen LogP contribution in [0.2, 0.25) is 0 Å². The molecule has 6 heteroatoms. The molecule has 1 aromatic rings. The Kier molecular flexibility index (Phi) is 8.22. The van der Waals surface area contributed by atoms with Crippen LogP contribution in [-0.2, 0) is 11.2 Å². The second-order valence-electron chi connectivity index (χ2n) is 5.10. The molecule has 0 atom stereocenters. The molecule has 5 nitrogen and oxygen atoms in total. The molecule has 0 spiro atoms. The van der Waals surface area contributed by atoms with Gasteiger partial charge >= 0.3 is 0 Å². The van der Waals surface area contributed by atoms with E-state index in [1.54, 1.807) is 7.05 Å². The van der Waals surface area contributed by atoms with Gasteiger partial charge in [-0.3, -0.25) is 9.79 Å². The number of rotatable bonds is 5. The first-order valence-corrected chi connectivity index (χ1v) is 7.59. The van der Waals surface area contributed by atoms with Gasteiger partial charge in [-0.2, -0.15) is 0 Å². The number of carbonyl (C=O) groups is 1. The average molecular weight is 416 g/mol. The molecule has 0 unspecified atom stereocenters. The number of anilines is 1. The summed E-state index contributed by atoms with van der Waals surface area (Å²) in [6.45, 7) is 4.32. The first-order chi connectivity index (χ1) is 10.3. The number of nitrogens with zero attached hydrogens (tertiary/aromatic N) is 2. The number of halogens is 1. The zero-order valence-electron chi connectivity index (χ0n) is 13.3. The topological polar surface area (TPSA) is 56.7 Å². The molecule has 0 radical (unpaired) electrons.